The number of aliphatic carboxylic acids is 1. The fourth-order valence-corrected chi connectivity index (χ4v) is 1.91. The van der Waals surface area contributed by atoms with Gasteiger partial charge in [-0.3, -0.25) is 4.79 Å². The number of sulfonamides is 1. The van der Waals surface area contributed by atoms with Crippen LogP contribution in [0.4, 0.5) is 0 Å². The monoisotopic (exact) mass is 245 g/mol. The van der Waals surface area contributed by atoms with Crippen LogP contribution in [0, 0.1) is 0 Å². The second kappa shape index (κ2) is 4.50. The average Bonchev–Trinajstić information content (AvgIpc) is 2.14. The lowest BCUT2D eigenvalue weighted by molar-refractivity contribution is -0.136. The third-order valence-corrected chi connectivity index (χ3v) is 2.84. The van der Waals surface area contributed by atoms with Crippen molar-refractivity contribution in [3.8, 4) is 5.75 Å². The Kier molecular flexibility index (Phi) is 3.51. The van der Waals surface area contributed by atoms with E-state index in [9.17, 15) is 13.2 Å². The molecule has 0 bridgehead atoms. The van der Waals surface area contributed by atoms with Gasteiger partial charge < -0.3 is 9.84 Å². The van der Waals surface area contributed by atoms with E-state index in [-0.39, 0.29) is 17.1 Å². The lowest BCUT2D eigenvalue weighted by Crippen LogP contribution is -2.13. The third-order valence-electron chi connectivity index (χ3n) is 1.89. The minimum absolute atomic E-state index is 0.0428. The molecule has 0 radical (unpaired) electrons. The third kappa shape index (κ3) is 2.94. The lowest BCUT2D eigenvalue weighted by atomic mass is 10.1. The fourth-order valence-electron chi connectivity index (χ4n) is 1.23. The summed E-state index contributed by atoms with van der Waals surface area (Å²) in [5.41, 5.74) is 0.441. The van der Waals surface area contributed by atoms with Crippen LogP contribution >= 0.6 is 0 Å². The van der Waals surface area contributed by atoms with Crippen molar-refractivity contribution < 1.29 is 23.1 Å². The number of hydrogen-bond donors (Lipinski definition) is 2. The van der Waals surface area contributed by atoms with E-state index in [2.05, 4.69) is 0 Å². The summed E-state index contributed by atoms with van der Waals surface area (Å²) in [4.78, 5) is 10.3. The maximum Gasteiger partial charge on any atom is 0.307 e. The van der Waals surface area contributed by atoms with E-state index in [1.165, 1.54) is 25.3 Å². The molecule has 3 N–H and O–H groups in total. The molecule has 1 rings (SSSR count). The number of nitrogens with two attached hydrogens (primary N) is 1. The normalized spacial score (nSPS) is 11.1. The molecule has 1 aromatic rings. The minimum Gasteiger partial charge on any atom is -0.495 e. The molecule has 0 aliphatic carbocycles. The van der Waals surface area contributed by atoms with E-state index < -0.39 is 16.0 Å². The number of rotatable bonds is 4. The number of benzene rings is 1. The minimum atomic E-state index is -3.86. The number of methoxy groups -OCH3 is 1. The van der Waals surface area contributed by atoms with Crippen molar-refractivity contribution >= 4 is 16.0 Å². The zero-order valence-electron chi connectivity index (χ0n) is 8.50. The van der Waals surface area contributed by atoms with Crippen LogP contribution < -0.4 is 9.88 Å². The molecule has 0 amide bonds. The van der Waals surface area contributed by atoms with E-state index in [1.807, 2.05) is 0 Å². The molecule has 7 heteroatoms. The predicted molar refractivity (Wildman–Crippen MR) is 55.7 cm³/mol. The van der Waals surface area contributed by atoms with E-state index >= 15 is 0 Å². The molecule has 16 heavy (non-hydrogen) atoms. The van der Waals surface area contributed by atoms with Gasteiger partial charge in [-0.2, -0.15) is 0 Å². The summed E-state index contributed by atoms with van der Waals surface area (Å²) in [5, 5.41) is 13.5. The van der Waals surface area contributed by atoms with Crippen LogP contribution in [0.15, 0.2) is 23.1 Å². The van der Waals surface area contributed by atoms with Gasteiger partial charge in [-0.25, -0.2) is 13.6 Å². The zero-order valence-corrected chi connectivity index (χ0v) is 9.32. The van der Waals surface area contributed by atoms with Crippen molar-refractivity contribution in [3.05, 3.63) is 23.8 Å². The van der Waals surface area contributed by atoms with Crippen molar-refractivity contribution in [1.82, 2.24) is 0 Å². The Hall–Kier alpha value is -1.60. The van der Waals surface area contributed by atoms with E-state index in [1.54, 1.807) is 0 Å². The van der Waals surface area contributed by atoms with Gasteiger partial charge >= 0.3 is 5.97 Å². The van der Waals surface area contributed by atoms with Gasteiger partial charge in [-0.1, -0.05) is 6.07 Å². The number of ether oxygens (including phenoxy) is 1. The molecule has 0 aliphatic rings. The Morgan fingerprint density at radius 3 is 2.56 bits per heavy atom. The second-order valence-corrected chi connectivity index (χ2v) is 4.63. The highest BCUT2D eigenvalue weighted by Crippen LogP contribution is 2.23. The molecular formula is C9H11NO5S. The molecule has 0 saturated carbocycles. The predicted octanol–water partition coefficient (Wildman–Crippen LogP) is -0.0303. The SMILES string of the molecule is COc1cc(CC(=O)O)ccc1S(N)(=O)=O. The molecule has 0 atom stereocenters. The van der Waals surface area contributed by atoms with Crippen LogP contribution in [0.1, 0.15) is 5.56 Å². The Balaban J connectivity index is 3.22. The number of primary sulfonamides is 1. The van der Waals surface area contributed by atoms with Crippen LogP contribution in [-0.4, -0.2) is 26.6 Å². The summed E-state index contributed by atoms with van der Waals surface area (Å²) in [7, 11) is -2.58. The maximum atomic E-state index is 11.1. The molecule has 1 aromatic carbocycles. The highest BCUT2D eigenvalue weighted by atomic mass is 32.2. The van der Waals surface area contributed by atoms with E-state index in [0.29, 0.717) is 5.56 Å². The average molecular weight is 245 g/mol. The Morgan fingerprint density at radius 1 is 1.50 bits per heavy atom. The topological polar surface area (TPSA) is 107 Å². The molecular weight excluding hydrogens is 234 g/mol. The van der Waals surface area contributed by atoms with Gasteiger partial charge in [0, 0.05) is 0 Å². The summed E-state index contributed by atoms with van der Waals surface area (Å²) < 4.78 is 27.1. The molecule has 0 saturated heterocycles. The Morgan fingerprint density at radius 2 is 2.12 bits per heavy atom. The fraction of sp³-hybridized carbons (Fsp3) is 0.222. The summed E-state index contributed by atoms with van der Waals surface area (Å²) in [6.45, 7) is 0. The first-order valence-electron chi connectivity index (χ1n) is 4.26. The highest BCUT2D eigenvalue weighted by molar-refractivity contribution is 7.89. The highest BCUT2D eigenvalue weighted by Gasteiger charge is 2.15. The van der Waals surface area contributed by atoms with Gasteiger partial charge in [-0.15, -0.1) is 0 Å². The molecule has 0 fully saturated rings. The van der Waals surface area contributed by atoms with Crippen molar-refractivity contribution in [2.45, 2.75) is 11.3 Å². The number of hydrogen-bond acceptors (Lipinski definition) is 4. The quantitative estimate of drug-likeness (QED) is 0.774. The van der Waals surface area contributed by atoms with E-state index in [0.717, 1.165) is 0 Å². The summed E-state index contributed by atoms with van der Waals surface area (Å²) in [5.74, 6) is -0.966. The van der Waals surface area contributed by atoms with Crippen LogP contribution in [0.5, 0.6) is 5.75 Å². The van der Waals surface area contributed by atoms with Crippen molar-refractivity contribution in [1.29, 1.82) is 0 Å². The maximum absolute atomic E-state index is 11.1. The standard InChI is InChI=1S/C9H11NO5S/c1-15-7-4-6(5-9(11)12)2-3-8(7)16(10,13)14/h2-4H,5H2,1H3,(H,11,12)(H2,10,13,14). The van der Waals surface area contributed by atoms with Gasteiger partial charge in [-0.05, 0) is 17.7 Å². The van der Waals surface area contributed by atoms with Gasteiger partial charge in [0.1, 0.15) is 10.6 Å². The molecule has 6 nitrogen and oxygen atoms in total. The summed E-state index contributed by atoms with van der Waals surface area (Å²) in [6, 6.07) is 3.96. The molecule has 0 unspecified atom stereocenters. The second-order valence-electron chi connectivity index (χ2n) is 3.10. The molecule has 0 aromatic heterocycles. The van der Waals surface area contributed by atoms with Gasteiger partial charge in [0.15, 0.2) is 0 Å². The van der Waals surface area contributed by atoms with Crippen molar-refractivity contribution in [2.75, 3.05) is 7.11 Å². The number of carbonyl (C=O) groups is 1. The molecule has 0 aliphatic heterocycles. The van der Waals surface area contributed by atoms with Gasteiger partial charge in [0.05, 0.1) is 13.5 Å². The van der Waals surface area contributed by atoms with Gasteiger partial charge in [0.25, 0.3) is 0 Å². The number of carboxylic acid groups (broad SMARTS) is 1. The Labute approximate surface area is 92.7 Å². The first-order valence-corrected chi connectivity index (χ1v) is 5.80. The first kappa shape index (κ1) is 12.5. The molecule has 0 heterocycles. The smallest absolute Gasteiger partial charge is 0.307 e. The van der Waals surface area contributed by atoms with Gasteiger partial charge in [0.2, 0.25) is 10.0 Å². The first-order chi connectivity index (χ1) is 7.34. The molecule has 0 spiro atoms. The largest absolute Gasteiger partial charge is 0.495 e. The van der Waals surface area contributed by atoms with Crippen LogP contribution in [0.3, 0.4) is 0 Å². The zero-order chi connectivity index (χ0) is 12.3. The number of carboxylic acids is 1. The summed E-state index contributed by atoms with van der Waals surface area (Å²) in [6.07, 6.45) is -0.207. The van der Waals surface area contributed by atoms with Crippen LogP contribution in [0.2, 0.25) is 0 Å². The van der Waals surface area contributed by atoms with Crippen molar-refractivity contribution in [3.63, 3.8) is 0 Å². The van der Waals surface area contributed by atoms with E-state index in [4.69, 9.17) is 15.0 Å². The Bertz CT molecular complexity index is 509. The summed E-state index contributed by atoms with van der Waals surface area (Å²) >= 11 is 0. The lowest BCUT2D eigenvalue weighted by Gasteiger charge is -2.07. The van der Waals surface area contributed by atoms with Crippen LogP contribution in [-0.2, 0) is 21.2 Å². The molecule has 88 valence electrons. The van der Waals surface area contributed by atoms with Crippen molar-refractivity contribution in [2.24, 2.45) is 5.14 Å². The van der Waals surface area contributed by atoms with Crippen LogP contribution in [0.25, 0.3) is 0 Å².